The van der Waals surface area contributed by atoms with Gasteiger partial charge in [0.2, 0.25) is 0 Å². The Morgan fingerprint density at radius 2 is 1.75 bits per heavy atom. The van der Waals surface area contributed by atoms with Gasteiger partial charge in [-0.15, -0.1) is 0 Å². The van der Waals surface area contributed by atoms with Crippen LogP contribution < -0.4 is 4.74 Å². The molecule has 0 aliphatic heterocycles. The first-order valence-electron chi connectivity index (χ1n) is 9.67. The van der Waals surface area contributed by atoms with Gasteiger partial charge in [0.05, 0.1) is 18.7 Å². The van der Waals surface area contributed by atoms with Crippen molar-refractivity contribution >= 4 is 40.1 Å². The fourth-order valence-electron chi connectivity index (χ4n) is 3.66. The number of hydrogen-bond acceptors (Lipinski definition) is 3. The van der Waals surface area contributed by atoms with Gasteiger partial charge in [-0.3, -0.25) is 0 Å². The van der Waals surface area contributed by atoms with Gasteiger partial charge in [0.25, 0.3) is 0 Å². The summed E-state index contributed by atoms with van der Waals surface area (Å²) in [5.41, 5.74) is 2.35. The monoisotopic (exact) mass is 473 g/mol. The largest absolute Gasteiger partial charge is 0.488 e. The van der Waals surface area contributed by atoms with Crippen molar-refractivity contribution in [3.8, 4) is 5.75 Å². The molecule has 0 spiro atoms. The maximum atomic E-state index is 14.1. The molecule has 0 amide bonds. The number of nitrogens with zero attached hydrogens (tertiary/aromatic N) is 1. The second kappa shape index (κ2) is 9.20. The fraction of sp³-hybridized carbons (Fsp3) is 0.125. The van der Waals surface area contributed by atoms with Crippen LogP contribution >= 0.6 is 23.2 Å². The molecule has 0 saturated carbocycles. The number of halogens is 3. The number of rotatable bonds is 7. The van der Waals surface area contributed by atoms with Crippen molar-refractivity contribution < 1.29 is 24.1 Å². The van der Waals surface area contributed by atoms with E-state index in [1.54, 1.807) is 48.7 Å². The van der Waals surface area contributed by atoms with Crippen LogP contribution in [-0.2, 0) is 19.8 Å². The van der Waals surface area contributed by atoms with Crippen LogP contribution in [-0.4, -0.2) is 20.7 Å². The minimum Gasteiger partial charge on any atom is -0.488 e. The first-order chi connectivity index (χ1) is 15.4. The van der Waals surface area contributed by atoms with Crippen molar-refractivity contribution in [2.75, 3.05) is 0 Å². The molecule has 0 fully saturated rings. The lowest BCUT2D eigenvalue weighted by atomic mass is 10.1. The van der Waals surface area contributed by atoms with Crippen molar-refractivity contribution in [3.63, 3.8) is 0 Å². The van der Waals surface area contributed by atoms with E-state index >= 15 is 0 Å². The molecule has 4 aromatic rings. The standard InChI is InChI=1S/C24H18Cl2FNO4/c25-17-6-7-22(32-13-14-4-5-18(26)9-20(14)27)15(8-17)10-28-11-16(12-29)23-19(24(30)31)2-1-3-21(23)28/h1-9,11,29H,10,12-13H2,(H,30,31). The van der Waals surface area contributed by atoms with Crippen LogP contribution in [0.15, 0.2) is 60.8 Å². The molecule has 3 aromatic carbocycles. The summed E-state index contributed by atoms with van der Waals surface area (Å²) in [5, 5.41) is 20.6. The number of hydrogen-bond donors (Lipinski definition) is 2. The summed E-state index contributed by atoms with van der Waals surface area (Å²) in [5.74, 6) is -1.02. The Bertz CT molecular complexity index is 1320. The van der Waals surface area contributed by atoms with E-state index in [1.807, 2.05) is 4.57 Å². The van der Waals surface area contributed by atoms with Gasteiger partial charge >= 0.3 is 5.97 Å². The molecule has 0 aliphatic carbocycles. The number of ether oxygens (including phenoxy) is 1. The molecule has 8 heteroatoms. The zero-order chi connectivity index (χ0) is 22.8. The van der Waals surface area contributed by atoms with E-state index in [0.717, 1.165) is 0 Å². The quantitative estimate of drug-likeness (QED) is 0.350. The van der Waals surface area contributed by atoms with Gasteiger partial charge in [-0.1, -0.05) is 35.3 Å². The van der Waals surface area contributed by atoms with Crippen LogP contribution in [0, 0.1) is 5.82 Å². The molecule has 0 radical (unpaired) electrons. The molecular weight excluding hydrogens is 456 g/mol. The van der Waals surface area contributed by atoms with Gasteiger partial charge in [-0.25, -0.2) is 9.18 Å². The average Bonchev–Trinajstić information content (AvgIpc) is 3.12. The van der Waals surface area contributed by atoms with Crippen molar-refractivity contribution in [3.05, 3.63) is 98.9 Å². The van der Waals surface area contributed by atoms with E-state index in [0.29, 0.717) is 49.9 Å². The van der Waals surface area contributed by atoms with E-state index in [9.17, 15) is 19.4 Å². The molecule has 2 N–H and O–H groups in total. The van der Waals surface area contributed by atoms with Gasteiger partial charge < -0.3 is 19.5 Å². The summed E-state index contributed by atoms with van der Waals surface area (Å²) in [4.78, 5) is 11.7. The molecule has 5 nitrogen and oxygen atoms in total. The van der Waals surface area contributed by atoms with Crippen LogP contribution in [0.5, 0.6) is 5.75 Å². The minimum atomic E-state index is -1.07. The minimum absolute atomic E-state index is 0.00485. The second-order valence-corrected chi connectivity index (χ2v) is 8.09. The molecule has 32 heavy (non-hydrogen) atoms. The van der Waals surface area contributed by atoms with Crippen molar-refractivity contribution in [1.29, 1.82) is 0 Å². The smallest absolute Gasteiger partial charge is 0.336 e. The maximum Gasteiger partial charge on any atom is 0.336 e. The molecule has 1 aromatic heterocycles. The summed E-state index contributed by atoms with van der Waals surface area (Å²) in [6.45, 7) is -0.00375. The Kier molecular flexibility index (Phi) is 6.37. The molecule has 164 valence electrons. The Balaban J connectivity index is 1.69. The number of fused-ring (bicyclic) bond motifs is 1. The Morgan fingerprint density at radius 1 is 1.00 bits per heavy atom. The number of aromatic carboxylic acids is 1. The van der Waals surface area contributed by atoms with E-state index in [-0.39, 0.29) is 18.8 Å². The molecule has 0 saturated heterocycles. The fourth-order valence-corrected chi connectivity index (χ4v) is 4.01. The van der Waals surface area contributed by atoms with E-state index in [2.05, 4.69) is 0 Å². The van der Waals surface area contributed by atoms with Crippen LogP contribution in [0.2, 0.25) is 10.0 Å². The predicted molar refractivity (Wildman–Crippen MR) is 121 cm³/mol. The van der Waals surface area contributed by atoms with E-state index in [1.165, 1.54) is 12.1 Å². The Labute approximate surface area is 193 Å². The van der Waals surface area contributed by atoms with Crippen LogP contribution in [0.4, 0.5) is 4.39 Å². The highest BCUT2D eigenvalue weighted by Crippen LogP contribution is 2.30. The van der Waals surface area contributed by atoms with Gasteiger partial charge in [0, 0.05) is 43.8 Å². The Morgan fingerprint density at radius 3 is 2.47 bits per heavy atom. The highest BCUT2D eigenvalue weighted by molar-refractivity contribution is 6.30. The molecular formula is C24H18Cl2FNO4. The summed E-state index contributed by atoms with van der Waals surface area (Å²) in [6, 6.07) is 14.4. The zero-order valence-electron chi connectivity index (χ0n) is 16.7. The number of aromatic nitrogens is 1. The highest BCUT2D eigenvalue weighted by atomic mass is 35.5. The number of carboxylic acids is 1. The van der Waals surface area contributed by atoms with Gasteiger partial charge in [0.15, 0.2) is 0 Å². The van der Waals surface area contributed by atoms with E-state index < -0.39 is 11.8 Å². The lowest BCUT2D eigenvalue weighted by molar-refractivity contribution is 0.0699. The summed E-state index contributed by atoms with van der Waals surface area (Å²) >= 11 is 12.0. The second-order valence-electron chi connectivity index (χ2n) is 7.22. The molecule has 0 unspecified atom stereocenters. The lowest BCUT2D eigenvalue weighted by Crippen LogP contribution is -2.04. The summed E-state index contributed by atoms with van der Waals surface area (Å²) < 4.78 is 21.8. The van der Waals surface area contributed by atoms with Crippen molar-refractivity contribution in [2.45, 2.75) is 19.8 Å². The van der Waals surface area contributed by atoms with Crippen LogP contribution in [0.25, 0.3) is 10.9 Å². The topological polar surface area (TPSA) is 71.7 Å². The van der Waals surface area contributed by atoms with Crippen molar-refractivity contribution in [2.24, 2.45) is 0 Å². The molecule has 0 aliphatic rings. The van der Waals surface area contributed by atoms with Gasteiger partial charge in [-0.05, 0) is 42.5 Å². The average molecular weight is 474 g/mol. The Hall–Kier alpha value is -3.06. The summed E-state index contributed by atoms with van der Waals surface area (Å²) in [7, 11) is 0. The molecule has 0 atom stereocenters. The maximum absolute atomic E-state index is 14.1. The summed E-state index contributed by atoms with van der Waals surface area (Å²) in [6.07, 6.45) is 1.71. The number of benzene rings is 3. The first-order valence-corrected chi connectivity index (χ1v) is 10.4. The third-order valence-electron chi connectivity index (χ3n) is 5.15. The molecule has 0 bridgehead atoms. The number of aliphatic hydroxyl groups is 1. The number of carboxylic acid groups (broad SMARTS) is 1. The molecule has 1 heterocycles. The van der Waals surface area contributed by atoms with Gasteiger partial charge in [-0.2, -0.15) is 0 Å². The first kappa shape index (κ1) is 22.1. The van der Waals surface area contributed by atoms with Crippen molar-refractivity contribution in [1.82, 2.24) is 4.57 Å². The van der Waals surface area contributed by atoms with Crippen LogP contribution in [0.1, 0.15) is 27.0 Å². The third-order valence-corrected chi connectivity index (χ3v) is 5.62. The SMILES string of the molecule is O=C(O)c1cccc2c1c(CO)cn2Cc1cc(Cl)ccc1OCc1ccc(Cl)cc1F. The third kappa shape index (κ3) is 4.43. The zero-order valence-corrected chi connectivity index (χ0v) is 18.2. The van der Waals surface area contributed by atoms with E-state index in [4.69, 9.17) is 27.9 Å². The lowest BCUT2D eigenvalue weighted by Gasteiger charge is -2.14. The molecule has 4 rings (SSSR count). The number of aliphatic hydroxyl groups excluding tert-OH is 1. The van der Waals surface area contributed by atoms with Gasteiger partial charge in [0.1, 0.15) is 18.2 Å². The predicted octanol–water partition coefficient (Wildman–Crippen LogP) is 5.91. The normalized spacial score (nSPS) is 11.1. The van der Waals surface area contributed by atoms with Crippen LogP contribution in [0.3, 0.4) is 0 Å². The number of carbonyl (C=O) groups is 1. The highest BCUT2D eigenvalue weighted by Gasteiger charge is 2.17.